The molecule has 0 bridgehead atoms. The lowest BCUT2D eigenvalue weighted by Crippen LogP contribution is -2.31. The van der Waals surface area contributed by atoms with Gasteiger partial charge in [0, 0.05) is 24.9 Å². The van der Waals surface area contributed by atoms with Gasteiger partial charge in [0.1, 0.15) is 11.6 Å². The molecule has 35 heavy (non-hydrogen) atoms. The third-order valence-corrected chi connectivity index (χ3v) is 6.62. The van der Waals surface area contributed by atoms with Crippen LogP contribution in [0.15, 0.2) is 30.5 Å². The van der Waals surface area contributed by atoms with Crippen LogP contribution in [0.1, 0.15) is 66.6 Å². The molecule has 1 atom stereocenters. The number of aliphatic hydroxyl groups excluding tert-OH is 1. The molecular weight excluding hydrogens is 478 g/mol. The third kappa shape index (κ3) is 7.51. The number of amides is 1. The number of nitrogens with zero attached hydrogens (tertiary/aromatic N) is 2. The van der Waals surface area contributed by atoms with Crippen LogP contribution in [0, 0.1) is 23.2 Å². The number of hydrogen-bond donors (Lipinski definition) is 3. The van der Waals surface area contributed by atoms with Gasteiger partial charge in [-0.1, -0.05) is 24.4 Å². The number of rotatable bonds is 10. The van der Waals surface area contributed by atoms with Crippen molar-refractivity contribution >= 4 is 23.3 Å². The minimum Gasteiger partial charge on any atom is -0.434 e. The van der Waals surface area contributed by atoms with Crippen LogP contribution in [-0.2, 0) is 0 Å². The van der Waals surface area contributed by atoms with Gasteiger partial charge in [0.2, 0.25) is 0 Å². The molecule has 7 nitrogen and oxygen atoms in total. The molecule has 1 unspecified atom stereocenters. The lowest BCUT2D eigenvalue weighted by Gasteiger charge is -2.28. The molecule has 10 heteroatoms. The Morgan fingerprint density at radius 3 is 2.63 bits per heavy atom. The Bertz CT molecular complexity index is 1060. The molecule has 1 aliphatic rings. The molecule has 1 aromatic heterocycles. The van der Waals surface area contributed by atoms with Crippen molar-refractivity contribution in [2.45, 2.75) is 51.7 Å². The molecule has 1 amide bonds. The first-order valence-electron chi connectivity index (χ1n) is 11.6. The van der Waals surface area contributed by atoms with Crippen LogP contribution in [0.3, 0.4) is 0 Å². The predicted octanol–water partition coefficient (Wildman–Crippen LogP) is 5.30. The summed E-state index contributed by atoms with van der Waals surface area (Å²) >= 11 is 6.35. The maximum Gasteiger partial charge on any atom is 0.387 e. The molecule has 1 aliphatic carbocycles. The van der Waals surface area contributed by atoms with E-state index >= 15 is 0 Å². The summed E-state index contributed by atoms with van der Waals surface area (Å²) < 4.78 is 30.2. The fraction of sp³-hybridized carbons (Fsp3) is 0.480. The number of benzene rings is 1. The maximum atomic E-state index is 12.8. The van der Waals surface area contributed by atoms with Gasteiger partial charge in [-0.2, -0.15) is 14.0 Å². The molecule has 1 saturated carbocycles. The Kier molecular flexibility index (Phi) is 9.64. The van der Waals surface area contributed by atoms with Crippen LogP contribution in [0.5, 0.6) is 5.75 Å². The van der Waals surface area contributed by atoms with Gasteiger partial charge in [-0.25, -0.2) is 4.98 Å². The van der Waals surface area contributed by atoms with Crippen molar-refractivity contribution in [3.8, 4) is 11.8 Å². The van der Waals surface area contributed by atoms with E-state index in [1.54, 1.807) is 6.92 Å². The second-order valence-corrected chi connectivity index (χ2v) is 9.18. The van der Waals surface area contributed by atoms with E-state index in [4.69, 9.17) is 22.0 Å². The van der Waals surface area contributed by atoms with E-state index in [-0.39, 0.29) is 29.1 Å². The summed E-state index contributed by atoms with van der Waals surface area (Å²) in [6.45, 7) is -0.520. The molecule has 2 aromatic rings. The summed E-state index contributed by atoms with van der Waals surface area (Å²) in [6, 6.07) is 7.08. The van der Waals surface area contributed by atoms with E-state index in [1.807, 2.05) is 6.07 Å². The topological polar surface area (TPSA) is 107 Å². The Labute approximate surface area is 208 Å². The molecule has 1 aromatic carbocycles. The maximum absolute atomic E-state index is 12.8. The largest absolute Gasteiger partial charge is 0.434 e. The van der Waals surface area contributed by atoms with Gasteiger partial charge in [0.25, 0.3) is 5.91 Å². The number of halogens is 3. The highest BCUT2D eigenvalue weighted by molar-refractivity contribution is 6.33. The number of alkyl halides is 2. The summed E-state index contributed by atoms with van der Waals surface area (Å²) in [6.07, 6.45) is 6.41. The SMILES string of the molecule is CC(Nc1ncc(C(=O)NCC2CCC(CCO)CC2)cc1Cl)c1cc(C#N)ccc1OC(F)F. The van der Waals surface area contributed by atoms with Crippen molar-refractivity contribution in [2.24, 2.45) is 11.8 Å². The number of anilines is 1. The first-order valence-corrected chi connectivity index (χ1v) is 12.0. The van der Waals surface area contributed by atoms with Gasteiger partial charge in [0.15, 0.2) is 0 Å². The van der Waals surface area contributed by atoms with Gasteiger partial charge in [0.05, 0.1) is 28.3 Å². The number of nitriles is 1. The average Bonchev–Trinajstić information content (AvgIpc) is 2.84. The molecule has 1 fully saturated rings. The van der Waals surface area contributed by atoms with E-state index in [2.05, 4.69) is 20.4 Å². The van der Waals surface area contributed by atoms with Gasteiger partial charge >= 0.3 is 6.61 Å². The van der Waals surface area contributed by atoms with E-state index in [0.717, 1.165) is 32.1 Å². The van der Waals surface area contributed by atoms with Gasteiger partial charge in [-0.3, -0.25) is 4.79 Å². The highest BCUT2D eigenvalue weighted by Gasteiger charge is 2.22. The first kappa shape index (κ1) is 26.6. The van der Waals surface area contributed by atoms with Crippen molar-refractivity contribution in [3.63, 3.8) is 0 Å². The van der Waals surface area contributed by atoms with E-state index in [9.17, 15) is 13.6 Å². The standard InChI is InChI=1S/C25H29ClF2N4O3/c1-15(20-10-18(12-29)6-7-22(20)35-25(27)28)32-23-21(26)11-19(14-30-23)24(34)31-13-17-4-2-16(3-5-17)8-9-33/h6-7,10-11,14-17,25,33H,2-5,8-9,13H2,1H3,(H,30,32)(H,31,34). The number of hydrogen-bond acceptors (Lipinski definition) is 6. The molecule has 0 aliphatic heterocycles. The third-order valence-electron chi connectivity index (χ3n) is 6.33. The second-order valence-electron chi connectivity index (χ2n) is 8.77. The number of nitrogens with one attached hydrogen (secondary N) is 2. The van der Waals surface area contributed by atoms with Crippen molar-refractivity contribution in [1.82, 2.24) is 10.3 Å². The summed E-state index contributed by atoms with van der Waals surface area (Å²) in [5.74, 6) is 0.913. The van der Waals surface area contributed by atoms with Gasteiger partial charge in [-0.05, 0) is 62.3 Å². The number of aliphatic hydroxyl groups is 1. The molecule has 3 N–H and O–H groups in total. The van der Waals surface area contributed by atoms with Crippen molar-refractivity contribution in [2.75, 3.05) is 18.5 Å². The molecule has 3 rings (SSSR count). The monoisotopic (exact) mass is 506 g/mol. The van der Waals surface area contributed by atoms with Crippen LogP contribution in [0.4, 0.5) is 14.6 Å². The number of carbonyl (C=O) groups is 1. The van der Waals surface area contributed by atoms with Crippen molar-refractivity contribution in [3.05, 3.63) is 52.2 Å². The Balaban J connectivity index is 1.61. The molecular formula is C25H29ClF2N4O3. The molecule has 0 radical (unpaired) electrons. The summed E-state index contributed by atoms with van der Waals surface area (Å²) in [5.41, 5.74) is 0.955. The summed E-state index contributed by atoms with van der Waals surface area (Å²) in [7, 11) is 0. The molecule has 1 heterocycles. The number of aromatic nitrogens is 1. The number of pyridine rings is 1. The van der Waals surface area contributed by atoms with Crippen molar-refractivity contribution in [1.29, 1.82) is 5.26 Å². The molecule has 0 spiro atoms. The first-order chi connectivity index (χ1) is 16.8. The Morgan fingerprint density at radius 1 is 1.29 bits per heavy atom. The summed E-state index contributed by atoms with van der Waals surface area (Å²) in [4.78, 5) is 16.8. The van der Waals surface area contributed by atoms with Gasteiger partial charge < -0.3 is 20.5 Å². The highest BCUT2D eigenvalue weighted by atomic mass is 35.5. The predicted molar refractivity (Wildman–Crippen MR) is 129 cm³/mol. The fourth-order valence-corrected chi connectivity index (χ4v) is 4.58. The lowest BCUT2D eigenvalue weighted by molar-refractivity contribution is -0.0505. The van der Waals surface area contributed by atoms with E-state index in [1.165, 1.54) is 30.5 Å². The van der Waals surface area contributed by atoms with Crippen molar-refractivity contribution < 1.29 is 23.4 Å². The number of ether oxygens (including phenoxy) is 1. The zero-order valence-corrected chi connectivity index (χ0v) is 20.2. The minimum absolute atomic E-state index is 0.0588. The zero-order valence-electron chi connectivity index (χ0n) is 19.4. The second kappa shape index (κ2) is 12.7. The van der Waals surface area contributed by atoms with Crippen LogP contribution < -0.4 is 15.4 Å². The lowest BCUT2D eigenvalue weighted by atomic mass is 9.80. The van der Waals surface area contributed by atoms with Crippen LogP contribution in [0.25, 0.3) is 0 Å². The highest BCUT2D eigenvalue weighted by Crippen LogP contribution is 2.32. The Morgan fingerprint density at radius 2 is 2.00 bits per heavy atom. The minimum atomic E-state index is -3.01. The normalized spacial score (nSPS) is 18.5. The van der Waals surface area contributed by atoms with E-state index in [0.29, 0.717) is 35.1 Å². The smallest absolute Gasteiger partial charge is 0.387 e. The van der Waals surface area contributed by atoms with Gasteiger partial charge in [-0.15, -0.1) is 0 Å². The zero-order chi connectivity index (χ0) is 25.4. The molecule has 0 saturated heterocycles. The Hall–Kier alpha value is -2.96. The fourth-order valence-electron chi connectivity index (χ4n) is 4.36. The van der Waals surface area contributed by atoms with E-state index < -0.39 is 12.7 Å². The molecule has 188 valence electrons. The number of carbonyl (C=O) groups excluding carboxylic acids is 1. The summed E-state index contributed by atoms with van der Waals surface area (Å²) in [5, 5.41) is 24.4. The van der Waals surface area contributed by atoms with Crippen LogP contribution in [-0.4, -0.2) is 35.8 Å². The average molecular weight is 507 g/mol. The quantitative estimate of drug-likeness (QED) is 0.403. The van der Waals surface area contributed by atoms with Crippen LogP contribution >= 0.6 is 11.6 Å². The van der Waals surface area contributed by atoms with Crippen LogP contribution in [0.2, 0.25) is 5.02 Å².